The fraction of sp³-hybridized carbons (Fsp3) is 0.267. The average molecular weight is 516 g/mol. The van der Waals surface area contributed by atoms with Crippen molar-refractivity contribution < 1.29 is 33.6 Å². The average Bonchev–Trinajstić information content (AvgIpc) is 3.49. The van der Waals surface area contributed by atoms with Crippen molar-refractivity contribution in [3.05, 3.63) is 83.4 Å². The molecule has 8 heteroatoms. The highest BCUT2D eigenvalue weighted by molar-refractivity contribution is 6.51. The monoisotopic (exact) mass is 515 g/mol. The Hall–Kier alpha value is -4.46. The van der Waals surface area contributed by atoms with Crippen LogP contribution in [0.3, 0.4) is 0 Å². The normalized spacial score (nSPS) is 17.8. The predicted molar refractivity (Wildman–Crippen MR) is 142 cm³/mol. The van der Waals surface area contributed by atoms with Crippen LogP contribution in [0, 0.1) is 5.92 Å². The second-order valence-electron chi connectivity index (χ2n) is 9.44. The van der Waals surface area contributed by atoms with E-state index in [0.29, 0.717) is 58.9 Å². The molecule has 2 aliphatic rings. The summed E-state index contributed by atoms with van der Waals surface area (Å²) >= 11 is 0. The number of aliphatic hydroxyl groups excluding tert-OH is 1. The second-order valence-corrected chi connectivity index (χ2v) is 9.44. The van der Waals surface area contributed by atoms with Gasteiger partial charge < -0.3 is 24.1 Å². The number of anilines is 1. The van der Waals surface area contributed by atoms with Gasteiger partial charge in [-0.05, 0) is 54.8 Å². The molecule has 38 heavy (non-hydrogen) atoms. The molecule has 0 bridgehead atoms. The van der Waals surface area contributed by atoms with Gasteiger partial charge in [-0.15, -0.1) is 0 Å². The standard InChI is InChI=1S/C30H29NO7/c1-4-35-22-11-8-19(9-12-22)27-26(28(32)20-6-5-7-23(14-20)36-16-18(2)3)29(33)30(34)31(27)21-10-13-24-25(15-21)38-17-37-24/h5-15,18,27,32H,4,16-17H2,1-3H3/b28-26+. The van der Waals surface area contributed by atoms with E-state index in [-0.39, 0.29) is 18.1 Å². The fourth-order valence-corrected chi connectivity index (χ4v) is 4.51. The first kappa shape index (κ1) is 25.2. The summed E-state index contributed by atoms with van der Waals surface area (Å²) in [6.07, 6.45) is 0. The van der Waals surface area contributed by atoms with E-state index in [1.54, 1.807) is 66.7 Å². The van der Waals surface area contributed by atoms with E-state index in [0.717, 1.165) is 0 Å². The molecule has 1 N–H and O–H groups in total. The summed E-state index contributed by atoms with van der Waals surface area (Å²) in [6.45, 7) is 7.06. The van der Waals surface area contributed by atoms with Gasteiger partial charge in [0.15, 0.2) is 11.5 Å². The number of hydrogen-bond donors (Lipinski definition) is 1. The SMILES string of the molecule is CCOc1ccc(C2/C(=C(\O)c3cccc(OCC(C)C)c3)C(=O)C(=O)N2c2ccc3c(c2)OCO3)cc1. The van der Waals surface area contributed by atoms with Gasteiger partial charge in [-0.25, -0.2) is 0 Å². The van der Waals surface area contributed by atoms with Crippen LogP contribution in [0.15, 0.2) is 72.3 Å². The maximum absolute atomic E-state index is 13.5. The van der Waals surface area contributed by atoms with Crippen LogP contribution in [-0.4, -0.2) is 36.8 Å². The van der Waals surface area contributed by atoms with Crippen molar-refractivity contribution in [3.8, 4) is 23.0 Å². The summed E-state index contributed by atoms with van der Waals surface area (Å²) in [6, 6.07) is 18.2. The first-order valence-corrected chi connectivity index (χ1v) is 12.5. The fourth-order valence-electron chi connectivity index (χ4n) is 4.51. The maximum atomic E-state index is 13.5. The molecular formula is C30H29NO7. The van der Waals surface area contributed by atoms with E-state index in [1.165, 1.54) is 4.90 Å². The molecule has 196 valence electrons. The number of fused-ring (bicyclic) bond motifs is 1. The van der Waals surface area contributed by atoms with Gasteiger partial charge in [-0.3, -0.25) is 14.5 Å². The largest absolute Gasteiger partial charge is 0.507 e. The summed E-state index contributed by atoms with van der Waals surface area (Å²) in [4.78, 5) is 28.3. The van der Waals surface area contributed by atoms with E-state index in [1.807, 2.05) is 20.8 Å². The Morgan fingerprint density at radius 2 is 1.74 bits per heavy atom. The number of carbonyl (C=O) groups excluding carboxylic acids is 2. The molecule has 3 aromatic rings. The van der Waals surface area contributed by atoms with Crippen LogP contribution in [-0.2, 0) is 9.59 Å². The topological polar surface area (TPSA) is 94.5 Å². The molecule has 1 unspecified atom stereocenters. The molecule has 0 aromatic heterocycles. The Morgan fingerprint density at radius 1 is 0.974 bits per heavy atom. The van der Waals surface area contributed by atoms with Crippen molar-refractivity contribution in [2.24, 2.45) is 5.92 Å². The Bertz CT molecular complexity index is 1390. The molecule has 1 atom stereocenters. The highest BCUT2D eigenvalue weighted by Gasteiger charge is 2.47. The van der Waals surface area contributed by atoms with Crippen LogP contribution in [0.4, 0.5) is 5.69 Å². The van der Waals surface area contributed by atoms with Crippen molar-refractivity contribution in [3.63, 3.8) is 0 Å². The number of nitrogens with zero attached hydrogens (tertiary/aromatic N) is 1. The van der Waals surface area contributed by atoms with Crippen molar-refractivity contribution in [1.29, 1.82) is 0 Å². The van der Waals surface area contributed by atoms with Crippen LogP contribution in [0.2, 0.25) is 0 Å². The Balaban J connectivity index is 1.62. The van der Waals surface area contributed by atoms with Crippen LogP contribution >= 0.6 is 0 Å². The van der Waals surface area contributed by atoms with Crippen molar-refractivity contribution in [2.75, 3.05) is 24.9 Å². The third-order valence-corrected chi connectivity index (χ3v) is 6.28. The van der Waals surface area contributed by atoms with Crippen LogP contribution < -0.4 is 23.8 Å². The molecule has 1 saturated heterocycles. The number of amides is 1. The molecule has 0 saturated carbocycles. The molecule has 2 heterocycles. The summed E-state index contributed by atoms with van der Waals surface area (Å²) in [5.74, 6) is 0.756. The quantitative estimate of drug-likeness (QED) is 0.241. The number of hydrogen-bond acceptors (Lipinski definition) is 7. The number of rotatable bonds is 8. The van der Waals surface area contributed by atoms with Gasteiger partial charge in [0.05, 0.1) is 24.8 Å². The molecule has 1 amide bonds. The van der Waals surface area contributed by atoms with E-state index in [9.17, 15) is 14.7 Å². The number of ketones is 1. The molecule has 5 rings (SSSR count). The summed E-state index contributed by atoms with van der Waals surface area (Å²) in [7, 11) is 0. The Labute approximate surface area is 221 Å². The lowest BCUT2D eigenvalue weighted by atomic mass is 9.95. The van der Waals surface area contributed by atoms with Gasteiger partial charge in [-0.1, -0.05) is 38.1 Å². The van der Waals surface area contributed by atoms with Gasteiger partial charge in [0.1, 0.15) is 17.3 Å². The maximum Gasteiger partial charge on any atom is 0.300 e. The first-order chi connectivity index (χ1) is 18.4. The molecule has 0 spiro atoms. The number of carbonyl (C=O) groups is 2. The van der Waals surface area contributed by atoms with E-state index >= 15 is 0 Å². The van der Waals surface area contributed by atoms with E-state index in [2.05, 4.69) is 0 Å². The smallest absolute Gasteiger partial charge is 0.300 e. The minimum Gasteiger partial charge on any atom is -0.507 e. The van der Waals surface area contributed by atoms with Gasteiger partial charge in [0.25, 0.3) is 11.7 Å². The third kappa shape index (κ3) is 4.77. The molecule has 8 nitrogen and oxygen atoms in total. The molecular weight excluding hydrogens is 486 g/mol. The number of benzene rings is 3. The summed E-state index contributed by atoms with van der Waals surface area (Å²) in [5, 5.41) is 11.5. The van der Waals surface area contributed by atoms with Crippen LogP contribution in [0.1, 0.15) is 37.9 Å². The first-order valence-electron chi connectivity index (χ1n) is 12.5. The highest BCUT2D eigenvalue weighted by atomic mass is 16.7. The zero-order valence-corrected chi connectivity index (χ0v) is 21.5. The summed E-state index contributed by atoms with van der Waals surface area (Å²) in [5.41, 5.74) is 1.45. The third-order valence-electron chi connectivity index (χ3n) is 6.28. The summed E-state index contributed by atoms with van der Waals surface area (Å²) < 4.78 is 22.3. The van der Waals surface area contributed by atoms with E-state index in [4.69, 9.17) is 18.9 Å². The van der Waals surface area contributed by atoms with Crippen molar-refractivity contribution in [1.82, 2.24) is 0 Å². The number of ether oxygens (including phenoxy) is 4. The van der Waals surface area contributed by atoms with Gasteiger partial charge in [-0.2, -0.15) is 0 Å². The predicted octanol–water partition coefficient (Wildman–Crippen LogP) is 5.48. The lowest BCUT2D eigenvalue weighted by Gasteiger charge is -2.25. The zero-order valence-electron chi connectivity index (χ0n) is 21.5. The Kier molecular flexibility index (Phi) is 6.96. The van der Waals surface area contributed by atoms with Crippen LogP contribution in [0.25, 0.3) is 5.76 Å². The number of aliphatic hydroxyl groups is 1. The van der Waals surface area contributed by atoms with Gasteiger partial charge in [0.2, 0.25) is 6.79 Å². The zero-order chi connectivity index (χ0) is 26.8. The molecule has 3 aromatic carbocycles. The minimum absolute atomic E-state index is 0.0159. The molecule has 0 aliphatic carbocycles. The van der Waals surface area contributed by atoms with Gasteiger partial charge >= 0.3 is 0 Å². The highest BCUT2D eigenvalue weighted by Crippen LogP contribution is 2.45. The van der Waals surface area contributed by atoms with Crippen molar-refractivity contribution >= 4 is 23.1 Å². The molecule has 2 aliphatic heterocycles. The van der Waals surface area contributed by atoms with Crippen molar-refractivity contribution in [2.45, 2.75) is 26.8 Å². The lowest BCUT2D eigenvalue weighted by molar-refractivity contribution is -0.132. The number of Topliss-reactive ketones (excluding diaryl/α,β-unsaturated/α-hetero) is 1. The van der Waals surface area contributed by atoms with Crippen LogP contribution in [0.5, 0.6) is 23.0 Å². The van der Waals surface area contributed by atoms with Gasteiger partial charge in [0, 0.05) is 17.3 Å². The Morgan fingerprint density at radius 3 is 2.47 bits per heavy atom. The molecule has 1 fully saturated rings. The second kappa shape index (κ2) is 10.5. The minimum atomic E-state index is -0.883. The molecule has 0 radical (unpaired) electrons. The van der Waals surface area contributed by atoms with E-state index < -0.39 is 17.7 Å². The lowest BCUT2D eigenvalue weighted by Crippen LogP contribution is -2.29.